The molecule has 0 fully saturated rings. The van der Waals surface area contributed by atoms with Crippen LogP contribution < -0.4 is 16.0 Å². The van der Waals surface area contributed by atoms with Gasteiger partial charge in [0.25, 0.3) is 5.91 Å². The number of fused-ring (bicyclic) bond motifs is 1. The largest absolute Gasteiger partial charge is 0.326 e. The van der Waals surface area contributed by atoms with Gasteiger partial charge in [-0.2, -0.15) is 0 Å². The van der Waals surface area contributed by atoms with Crippen LogP contribution in [0.25, 0.3) is 0 Å². The summed E-state index contributed by atoms with van der Waals surface area (Å²) in [4.78, 5) is 35.0. The minimum Gasteiger partial charge on any atom is -0.326 e. The van der Waals surface area contributed by atoms with E-state index in [0.29, 0.717) is 24.1 Å². The maximum atomic E-state index is 12.5. The summed E-state index contributed by atoms with van der Waals surface area (Å²) in [5.74, 6) is -0.355. The van der Waals surface area contributed by atoms with Crippen LogP contribution in [0, 0.1) is 6.92 Å². The van der Waals surface area contributed by atoms with Gasteiger partial charge in [0.15, 0.2) is 0 Å². The molecule has 0 radical (unpaired) electrons. The fourth-order valence-corrected chi connectivity index (χ4v) is 2.80. The highest BCUT2D eigenvalue weighted by atomic mass is 16.2. The van der Waals surface area contributed by atoms with Gasteiger partial charge in [0.2, 0.25) is 11.8 Å². The van der Waals surface area contributed by atoms with Crippen molar-refractivity contribution in [3.8, 4) is 0 Å². The topological polar surface area (TPSA) is 87.3 Å². The lowest BCUT2D eigenvalue weighted by Gasteiger charge is -2.17. The van der Waals surface area contributed by atoms with E-state index in [4.69, 9.17) is 0 Å². The zero-order valence-electron chi connectivity index (χ0n) is 14.1. The zero-order chi connectivity index (χ0) is 18.0. The van der Waals surface area contributed by atoms with Crippen molar-refractivity contribution in [3.63, 3.8) is 0 Å². The molecule has 2 aromatic carbocycles. The summed E-state index contributed by atoms with van der Waals surface area (Å²) in [6, 6.07) is 10.6. The van der Waals surface area contributed by atoms with Gasteiger partial charge in [0, 0.05) is 36.0 Å². The number of carbonyl (C=O) groups excluding carboxylic acids is 3. The molecule has 1 aliphatic heterocycles. The van der Waals surface area contributed by atoms with Crippen LogP contribution in [-0.4, -0.2) is 17.7 Å². The van der Waals surface area contributed by atoms with E-state index in [1.807, 2.05) is 19.1 Å². The molecule has 0 bridgehead atoms. The Balaban J connectivity index is 1.75. The summed E-state index contributed by atoms with van der Waals surface area (Å²) in [6.07, 6.45) is 1.06. The Morgan fingerprint density at radius 3 is 2.56 bits per heavy atom. The fourth-order valence-electron chi connectivity index (χ4n) is 2.80. The number of amides is 3. The van der Waals surface area contributed by atoms with E-state index in [0.717, 1.165) is 22.5 Å². The zero-order valence-corrected chi connectivity index (χ0v) is 14.1. The van der Waals surface area contributed by atoms with Crippen molar-refractivity contribution in [2.24, 2.45) is 0 Å². The first-order valence-corrected chi connectivity index (χ1v) is 8.05. The maximum absolute atomic E-state index is 12.5. The Labute approximate surface area is 145 Å². The number of carbonyl (C=O) groups is 3. The quantitative estimate of drug-likeness (QED) is 0.804. The predicted molar refractivity (Wildman–Crippen MR) is 96.8 cm³/mol. The molecule has 0 saturated carbocycles. The van der Waals surface area contributed by atoms with Crippen molar-refractivity contribution in [1.82, 2.24) is 0 Å². The molecule has 0 aliphatic carbocycles. The SMILES string of the molecule is CC(=O)Nc1ccc(NC(=O)c2ccc3c(c2)CCC(=O)N3)cc1C. The van der Waals surface area contributed by atoms with E-state index in [2.05, 4.69) is 16.0 Å². The first-order valence-electron chi connectivity index (χ1n) is 8.05. The Bertz CT molecular complexity index is 874. The molecule has 6 nitrogen and oxygen atoms in total. The number of aryl methyl sites for hydroxylation is 2. The molecule has 128 valence electrons. The minimum absolute atomic E-state index is 0.000521. The number of hydrogen-bond donors (Lipinski definition) is 3. The lowest BCUT2D eigenvalue weighted by molar-refractivity contribution is -0.116. The molecule has 3 N–H and O–H groups in total. The van der Waals surface area contributed by atoms with Crippen molar-refractivity contribution >= 4 is 34.8 Å². The van der Waals surface area contributed by atoms with E-state index < -0.39 is 0 Å². The highest BCUT2D eigenvalue weighted by Crippen LogP contribution is 2.25. The van der Waals surface area contributed by atoms with Crippen LogP contribution in [0.2, 0.25) is 0 Å². The maximum Gasteiger partial charge on any atom is 0.255 e. The first-order chi connectivity index (χ1) is 11.9. The van der Waals surface area contributed by atoms with Gasteiger partial charge >= 0.3 is 0 Å². The molecular weight excluding hydrogens is 318 g/mol. The third-order valence-electron chi connectivity index (χ3n) is 4.06. The monoisotopic (exact) mass is 337 g/mol. The van der Waals surface area contributed by atoms with Crippen LogP contribution in [0.3, 0.4) is 0 Å². The Morgan fingerprint density at radius 2 is 1.84 bits per heavy atom. The van der Waals surface area contributed by atoms with Gasteiger partial charge < -0.3 is 16.0 Å². The molecular formula is C19H19N3O3. The molecule has 25 heavy (non-hydrogen) atoms. The summed E-state index contributed by atoms with van der Waals surface area (Å²) >= 11 is 0. The average Bonchev–Trinajstić information content (AvgIpc) is 2.56. The van der Waals surface area contributed by atoms with E-state index in [-0.39, 0.29) is 17.7 Å². The van der Waals surface area contributed by atoms with Gasteiger partial charge in [-0.3, -0.25) is 14.4 Å². The van der Waals surface area contributed by atoms with Gasteiger partial charge in [0.1, 0.15) is 0 Å². The third-order valence-corrected chi connectivity index (χ3v) is 4.06. The van der Waals surface area contributed by atoms with Crippen LogP contribution >= 0.6 is 0 Å². The van der Waals surface area contributed by atoms with Crippen LogP contribution in [0.1, 0.15) is 34.8 Å². The lowest BCUT2D eigenvalue weighted by Crippen LogP contribution is -2.20. The average molecular weight is 337 g/mol. The lowest BCUT2D eigenvalue weighted by atomic mass is 10.00. The Hall–Kier alpha value is -3.15. The summed E-state index contributed by atoms with van der Waals surface area (Å²) in [5.41, 5.74) is 4.50. The molecule has 3 amide bonds. The molecule has 0 unspecified atom stereocenters. The van der Waals surface area contributed by atoms with Crippen molar-refractivity contribution in [1.29, 1.82) is 0 Å². The number of benzene rings is 2. The second kappa shape index (κ2) is 6.76. The number of anilines is 3. The second-order valence-electron chi connectivity index (χ2n) is 6.09. The summed E-state index contributed by atoms with van der Waals surface area (Å²) in [7, 11) is 0. The first kappa shape index (κ1) is 16.7. The molecule has 1 heterocycles. The van der Waals surface area contributed by atoms with Crippen LogP contribution in [-0.2, 0) is 16.0 Å². The van der Waals surface area contributed by atoms with Crippen molar-refractivity contribution in [2.45, 2.75) is 26.7 Å². The number of nitrogens with one attached hydrogen (secondary N) is 3. The van der Waals surface area contributed by atoms with Gasteiger partial charge in [-0.25, -0.2) is 0 Å². The van der Waals surface area contributed by atoms with Crippen LogP contribution in [0.5, 0.6) is 0 Å². The van der Waals surface area contributed by atoms with Crippen molar-refractivity contribution < 1.29 is 14.4 Å². The highest BCUT2D eigenvalue weighted by molar-refractivity contribution is 6.05. The molecule has 6 heteroatoms. The van der Waals surface area contributed by atoms with E-state index in [9.17, 15) is 14.4 Å². The van der Waals surface area contributed by atoms with Gasteiger partial charge in [0.05, 0.1) is 0 Å². The van der Waals surface area contributed by atoms with E-state index >= 15 is 0 Å². The fraction of sp³-hybridized carbons (Fsp3) is 0.211. The Morgan fingerprint density at radius 1 is 1.04 bits per heavy atom. The minimum atomic E-state index is -0.216. The smallest absolute Gasteiger partial charge is 0.255 e. The van der Waals surface area contributed by atoms with Crippen molar-refractivity contribution in [2.75, 3.05) is 16.0 Å². The van der Waals surface area contributed by atoms with Gasteiger partial charge in [-0.05, 0) is 60.9 Å². The van der Waals surface area contributed by atoms with Crippen LogP contribution in [0.15, 0.2) is 36.4 Å². The molecule has 0 atom stereocenters. The Kier molecular flexibility index (Phi) is 4.52. The molecule has 0 aromatic heterocycles. The molecule has 0 spiro atoms. The van der Waals surface area contributed by atoms with Crippen molar-refractivity contribution in [3.05, 3.63) is 53.1 Å². The normalized spacial score (nSPS) is 12.8. The predicted octanol–water partition coefficient (Wildman–Crippen LogP) is 3.09. The number of rotatable bonds is 3. The van der Waals surface area contributed by atoms with E-state index in [1.54, 1.807) is 24.3 Å². The second-order valence-corrected chi connectivity index (χ2v) is 6.09. The highest BCUT2D eigenvalue weighted by Gasteiger charge is 2.17. The summed E-state index contributed by atoms with van der Waals surface area (Å²) in [5, 5.41) is 8.39. The molecule has 2 aromatic rings. The standard InChI is InChI=1S/C19H19N3O3/c1-11-9-15(5-7-16(11)20-12(2)23)21-19(25)14-3-6-17-13(10-14)4-8-18(24)22-17/h3,5-7,9-10H,4,8H2,1-2H3,(H,20,23)(H,21,25)(H,22,24). The molecule has 3 rings (SSSR count). The number of hydrogen-bond acceptors (Lipinski definition) is 3. The summed E-state index contributed by atoms with van der Waals surface area (Å²) in [6.45, 7) is 3.32. The van der Waals surface area contributed by atoms with Crippen LogP contribution in [0.4, 0.5) is 17.1 Å². The van der Waals surface area contributed by atoms with E-state index in [1.165, 1.54) is 6.92 Å². The summed E-state index contributed by atoms with van der Waals surface area (Å²) < 4.78 is 0. The van der Waals surface area contributed by atoms with Gasteiger partial charge in [-0.1, -0.05) is 0 Å². The third kappa shape index (κ3) is 3.85. The molecule has 0 saturated heterocycles. The van der Waals surface area contributed by atoms with Gasteiger partial charge in [-0.15, -0.1) is 0 Å². The molecule has 1 aliphatic rings.